The first-order valence-electron chi connectivity index (χ1n) is 20.6. The highest BCUT2D eigenvalue weighted by molar-refractivity contribution is 6.17. The van der Waals surface area contributed by atoms with Gasteiger partial charge in [0.2, 0.25) is 0 Å². The van der Waals surface area contributed by atoms with Gasteiger partial charge in [-0.15, -0.1) is 0 Å². The highest BCUT2D eigenvalue weighted by Crippen LogP contribution is 2.42. The molecule has 0 saturated carbocycles. The summed E-state index contributed by atoms with van der Waals surface area (Å²) < 4.78 is 2.43. The van der Waals surface area contributed by atoms with Crippen molar-refractivity contribution in [2.24, 2.45) is 0 Å². The molecule has 0 aliphatic heterocycles. The third kappa shape index (κ3) is 6.86. The molecule has 61 heavy (non-hydrogen) atoms. The zero-order valence-electron chi connectivity index (χ0n) is 33.2. The summed E-state index contributed by atoms with van der Waals surface area (Å²) >= 11 is 0. The normalized spacial score (nSPS) is 11.3. The van der Waals surface area contributed by atoms with E-state index in [1.807, 2.05) is 60.7 Å². The molecule has 9 aromatic carbocycles. The van der Waals surface area contributed by atoms with Crippen molar-refractivity contribution in [3.05, 3.63) is 231 Å². The molecule has 0 bridgehead atoms. The molecular weight excluding hydrogens is 741 g/mol. The lowest BCUT2D eigenvalue weighted by molar-refractivity contribution is 1.07. The van der Waals surface area contributed by atoms with E-state index in [1.165, 1.54) is 44.2 Å². The maximum absolute atomic E-state index is 4.96. The summed E-state index contributed by atoms with van der Waals surface area (Å²) in [6.45, 7) is 0. The number of hydrogen-bond acceptors (Lipinski definition) is 3. The number of hydrogen-bond donors (Lipinski definition) is 0. The van der Waals surface area contributed by atoms with Crippen LogP contribution in [0.2, 0.25) is 0 Å². The van der Waals surface area contributed by atoms with Gasteiger partial charge in [0.05, 0.1) is 11.0 Å². The molecule has 0 amide bonds. The zero-order chi connectivity index (χ0) is 40.5. The summed E-state index contributed by atoms with van der Waals surface area (Å²) in [7, 11) is 0. The number of aromatic nitrogens is 4. The van der Waals surface area contributed by atoms with Crippen molar-refractivity contribution >= 4 is 21.8 Å². The van der Waals surface area contributed by atoms with Crippen LogP contribution in [0.15, 0.2) is 231 Å². The number of fused-ring (bicyclic) bond motifs is 3. The molecule has 0 N–H and O–H groups in total. The number of rotatable bonds is 8. The fraction of sp³-hybridized carbons (Fsp3) is 0. The molecule has 0 atom stereocenters. The minimum absolute atomic E-state index is 0.637. The zero-order valence-corrected chi connectivity index (χ0v) is 33.2. The van der Waals surface area contributed by atoms with E-state index in [9.17, 15) is 0 Å². The average molecular weight is 779 g/mol. The van der Waals surface area contributed by atoms with E-state index in [0.29, 0.717) is 17.5 Å². The second-order valence-electron chi connectivity index (χ2n) is 15.2. The van der Waals surface area contributed by atoms with Crippen LogP contribution in [0.5, 0.6) is 0 Å². The van der Waals surface area contributed by atoms with E-state index in [-0.39, 0.29) is 0 Å². The van der Waals surface area contributed by atoms with Gasteiger partial charge in [-0.2, -0.15) is 0 Å². The van der Waals surface area contributed by atoms with Crippen molar-refractivity contribution in [2.45, 2.75) is 0 Å². The van der Waals surface area contributed by atoms with E-state index in [2.05, 4.69) is 174 Å². The van der Waals surface area contributed by atoms with Gasteiger partial charge in [-0.1, -0.05) is 194 Å². The predicted octanol–water partition coefficient (Wildman–Crippen LogP) is 14.6. The van der Waals surface area contributed by atoms with Crippen LogP contribution < -0.4 is 0 Å². The Morgan fingerprint density at radius 3 is 1.30 bits per heavy atom. The Balaban J connectivity index is 1.03. The Bertz CT molecular complexity index is 3260. The van der Waals surface area contributed by atoms with Crippen LogP contribution >= 0.6 is 0 Å². The van der Waals surface area contributed by atoms with Crippen LogP contribution in [0.1, 0.15) is 0 Å². The van der Waals surface area contributed by atoms with Crippen molar-refractivity contribution in [3.63, 3.8) is 0 Å². The third-order valence-electron chi connectivity index (χ3n) is 11.4. The highest BCUT2D eigenvalue weighted by Gasteiger charge is 2.19. The molecule has 0 fully saturated rings. The SMILES string of the molecule is c1ccc(-c2cccc(-c3cc(-c4ccccc4)c4c5ccccc5n(-c5cccc(-c6ccc(-c7nc(-c8ccccc8)nc(-c8ccccc8)n7)cc6)c5)c4c3)c2)cc1. The molecule has 0 aliphatic carbocycles. The minimum Gasteiger partial charge on any atom is -0.309 e. The van der Waals surface area contributed by atoms with Crippen LogP contribution in [0.25, 0.3) is 106 Å². The molecule has 0 saturated heterocycles. The van der Waals surface area contributed by atoms with Gasteiger partial charge in [-0.3, -0.25) is 0 Å². The van der Waals surface area contributed by atoms with E-state index in [0.717, 1.165) is 44.5 Å². The molecule has 0 radical (unpaired) electrons. The van der Waals surface area contributed by atoms with Crippen LogP contribution in [0.4, 0.5) is 0 Å². The third-order valence-corrected chi connectivity index (χ3v) is 11.4. The Kier molecular flexibility index (Phi) is 9.14. The highest BCUT2D eigenvalue weighted by atomic mass is 15.0. The van der Waals surface area contributed by atoms with Crippen LogP contribution in [-0.4, -0.2) is 19.5 Å². The van der Waals surface area contributed by atoms with E-state index >= 15 is 0 Å². The molecule has 0 spiro atoms. The van der Waals surface area contributed by atoms with Crippen LogP contribution in [-0.2, 0) is 0 Å². The molecule has 4 nitrogen and oxygen atoms in total. The fourth-order valence-electron chi connectivity index (χ4n) is 8.47. The first-order chi connectivity index (χ1) is 30.2. The Morgan fingerprint density at radius 1 is 0.262 bits per heavy atom. The number of benzene rings is 9. The summed E-state index contributed by atoms with van der Waals surface area (Å²) in [5, 5.41) is 2.46. The summed E-state index contributed by atoms with van der Waals surface area (Å²) in [5.41, 5.74) is 15.6. The van der Waals surface area contributed by atoms with Crippen molar-refractivity contribution < 1.29 is 0 Å². The van der Waals surface area contributed by atoms with Gasteiger partial charge in [-0.05, 0) is 80.9 Å². The topological polar surface area (TPSA) is 43.6 Å². The van der Waals surface area contributed by atoms with E-state index < -0.39 is 0 Å². The van der Waals surface area contributed by atoms with Gasteiger partial charge in [0, 0.05) is 33.2 Å². The summed E-state index contributed by atoms with van der Waals surface area (Å²) in [4.78, 5) is 14.8. The van der Waals surface area contributed by atoms with Gasteiger partial charge in [0.1, 0.15) is 0 Å². The summed E-state index contributed by atoms with van der Waals surface area (Å²) in [6.07, 6.45) is 0. The standard InChI is InChI=1S/C57H38N4/c1-5-17-39(18-6-1)45-25-15-26-46(35-45)48-37-51(41-19-7-2-8-20-41)54-50-29-13-14-30-52(50)61(53(54)38-48)49-28-16-27-47(36-49)40-31-33-44(34-32-40)57-59-55(42-21-9-3-10-22-42)58-56(60-57)43-23-11-4-12-24-43/h1-38H. The molecule has 0 unspecified atom stereocenters. The Hall–Kier alpha value is -8.21. The molecule has 4 heteroatoms. The molecule has 0 aliphatic rings. The van der Waals surface area contributed by atoms with Gasteiger partial charge < -0.3 is 4.57 Å². The molecular formula is C57H38N4. The fourth-order valence-corrected chi connectivity index (χ4v) is 8.47. The first-order valence-corrected chi connectivity index (χ1v) is 20.6. The molecule has 11 aromatic rings. The lowest BCUT2D eigenvalue weighted by Gasteiger charge is -2.14. The number of nitrogens with zero attached hydrogens (tertiary/aromatic N) is 4. The van der Waals surface area contributed by atoms with Crippen molar-refractivity contribution in [3.8, 4) is 84.4 Å². The van der Waals surface area contributed by atoms with Crippen molar-refractivity contribution in [1.82, 2.24) is 19.5 Å². The largest absolute Gasteiger partial charge is 0.309 e. The monoisotopic (exact) mass is 778 g/mol. The Labute approximate surface area is 354 Å². The summed E-state index contributed by atoms with van der Waals surface area (Å²) in [5.74, 6) is 1.93. The molecule has 2 aromatic heterocycles. The van der Waals surface area contributed by atoms with Gasteiger partial charge in [-0.25, -0.2) is 15.0 Å². The smallest absolute Gasteiger partial charge is 0.164 e. The van der Waals surface area contributed by atoms with Crippen LogP contribution in [0, 0.1) is 0 Å². The van der Waals surface area contributed by atoms with Crippen LogP contribution in [0.3, 0.4) is 0 Å². The molecule has 11 rings (SSSR count). The second-order valence-corrected chi connectivity index (χ2v) is 15.2. The maximum atomic E-state index is 4.96. The minimum atomic E-state index is 0.637. The van der Waals surface area contributed by atoms with Crippen molar-refractivity contribution in [2.75, 3.05) is 0 Å². The molecule has 2 heterocycles. The van der Waals surface area contributed by atoms with Gasteiger partial charge >= 0.3 is 0 Å². The lowest BCUT2D eigenvalue weighted by Crippen LogP contribution is -2.00. The maximum Gasteiger partial charge on any atom is 0.164 e. The second kappa shape index (κ2) is 15.5. The first kappa shape index (κ1) is 35.9. The number of para-hydroxylation sites is 1. The molecule has 286 valence electrons. The lowest BCUT2D eigenvalue weighted by atomic mass is 9.93. The van der Waals surface area contributed by atoms with E-state index in [1.54, 1.807) is 0 Å². The summed E-state index contributed by atoms with van der Waals surface area (Å²) in [6, 6.07) is 81.4. The Morgan fingerprint density at radius 2 is 0.689 bits per heavy atom. The van der Waals surface area contributed by atoms with E-state index in [4.69, 9.17) is 15.0 Å². The van der Waals surface area contributed by atoms with Gasteiger partial charge in [0.25, 0.3) is 0 Å². The quantitative estimate of drug-likeness (QED) is 0.154. The van der Waals surface area contributed by atoms with Crippen molar-refractivity contribution in [1.29, 1.82) is 0 Å². The predicted molar refractivity (Wildman–Crippen MR) is 252 cm³/mol. The average Bonchev–Trinajstić information content (AvgIpc) is 3.69. The van der Waals surface area contributed by atoms with Gasteiger partial charge in [0.15, 0.2) is 17.5 Å².